The maximum atomic E-state index is 4.43. The molecular weight excluding hydrogens is 266 g/mol. The van der Waals surface area contributed by atoms with Gasteiger partial charge in [-0.3, -0.25) is 9.58 Å². The lowest BCUT2D eigenvalue weighted by molar-refractivity contribution is 0.181. The van der Waals surface area contributed by atoms with Crippen LogP contribution in [0.1, 0.15) is 31.2 Å². The molecule has 0 radical (unpaired) electrons. The molecule has 0 aliphatic carbocycles. The van der Waals surface area contributed by atoms with Crippen molar-refractivity contribution in [2.24, 2.45) is 13.0 Å². The fourth-order valence-corrected chi connectivity index (χ4v) is 2.75. The molecule has 1 aromatic heterocycles. The zero-order valence-corrected chi connectivity index (χ0v) is 11.9. The number of hydrogen-bond donors (Lipinski definition) is 0. The predicted molar refractivity (Wildman–Crippen MR) is 69.3 cm³/mol. The first-order chi connectivity index (χ1) is 7.58. The second-order valence-corrected chi connectivity index (χ2v) is 5.72. The van der Waals surface area contributed by atoms with Gasteiger partial charge in [-0.2, -0.15) is 5.10 Å². The number of aryl methyl sites for hydroxylation is 2. The number of aromatic nitrogens is 2. The highest BCUT2D eigenvalue weighted by atomic mass is 79.9. The number of halogens is 1. The maximum Gasteiger partial charge on any atom is 0.0739 e. The van der Waals surface area contributed by atoms with Crippen LogP contribution in [0.4, 0.5) is 0 Å². The van der Waals surface area contributed by atoms with Crippen molar-refractivity contribution in [1.29, 1.82) is 0 Å². The summed E-state index contributed by atoms with van der Waals surface area (Å²) in [6.45, 7) is 7.85. The van der Waals surface area contributed by atoms with Crippen LogP contribution in [0.2, 0.25) is 0 Å². The Labute approximate surface area is 106 Å². The summed E-state index contributed by atoms with van der Waals surface area (Å²) in [5.41, 5.74) is 2.38. The molecule has 0 spiro atoms. The number of likely N-dealkylation sites (tertiary alicyclic amines) is 1. The maximum absolute atomic E-state index is 4.43. The second-order valence-electron chi connectivity index (χ2n) is 4.93. The van der Waals surface area contributed by atoms with Crippen molar-refractivity contribution in [2.45, 2.75) is 33.2 Å². The van der Waals surface area contributed by atoms with Gasteiger partial charge in [-0.1, -0.05) is 6.92 Å². The Kier molecular flexibility index (Phi) is 3.70. The van der Waals surface area contributed by atoms with Crippen molar-refractivity contribution in [3.05, 3.63) is 15.9 Å². The van der Waals surface area contributed by atoms with Crippen LogP contribution >= 0.6 is 15.9 Å². The molecular formula is C12H20BrN3. The normalized spacial score (nSPS) is 19.2. The minimum absolute atomic E-state index is 0.896. The van der Waals surface area contributed by atoms with Gasteiger partial charge in [0.25, 0.3) is 0 Å². The van der Waals surface area contributed by atoms with Gasteiger partial charge in [0.15, 0.2) is 0 Å². The smallest absolute Gasteiger partial charge is 0.0739 e. The molecule has 1 saturated heterocycles. The van der Waals surface area contributed by atoms with Crippen molar-refractivity contribution < 1.29 is 0 Å². The van der Waals surface area contributed by atoms with Gasteiger partial charge in [0.05, 0.1) is 15.9 Å². The molecule has 3 nitrogen and oxygen atoms in total. The zero-order valence-electron chi connectivity index (χ0n) is 10.3. The fourth-order valence-electron chi connectivity index (χ4n) is 2.28. The van der Waals surface area contributed by atoms with Crippen LogP contribution in [0.3, 0.4) is 0 Å². The van der Waals surface area contributed by atoms with Gasteiger partial charge in [-0.05, 0) is 54.7 Å². The zero-order chi connectivity index (χ0) is 11.7. The topological polar surface area (TPSA) is 21.1 Å². The van der Waals surface area contributed by atoms with Gasteiger partial charge in [-0.15, -0.1) is 0 Å². The minimum Gasteiger partial charge on any atom is -0.297 e. The molecule has 0 unspecified atom stereocenters. The lowest BCUT2D eigenvalue weighted by Gasteiger charge is -2.30. The van der Waals surface area contributed by atoms with Gasteiger partial charge in [0.1, 0.15) is 0 Å². The first-order valence-corrected chi connectivity index (χ1v) is 6.77. The van der Waals surface area contributed by atoms with Crippen LogP contribution in [0.25, 0.3) is 0 Å². The molecule has 0 saturated carbocycles. The Bertz CT molecular complexity index is 365. The van der Waals surface area contributed by atoms with E-state index in [1.807, 2.05) is 18.7 Å². The number of piperidine rings is 1. The lowest BCUT2D eigenvalue weighted by atomic mass is 9.99. The van der Waals surface area contributed by atoms with Gasteiger partial charge in [0, 0.05) is 13.6 Å². The standard InChI is InChI=1S/C12H20BrN3/c1-9-4-6-16(7-5-9)8-11-12(13)10(2)14-15(11)3/h9H,4-8H2,1-3H3. The van der Waals surface area contributed by atoms with Crippen molar-refractivity contribution in [1.82, 2.24) is 14.7 Å². The predicted octanol–water partition coefficient (Wildman–Crippen LogP) is 2.72. The summed E-state index contributed by atoms with van der Waals surface area (Å²) < 4.78 is 3.17. The van der Waals surface area contributed by atoms with E-state index in [9.17, 15) is 0 Å². The van der Waals surface area contributed by atoms with Gasteiger partial charge < -0.3 is 0 Å². The molecule has 1 aromatic rings. The SMILES string of the molecule is Cc1nn(C)c(CN2CCC(C)CC2)c1Br. The van der Waals surface area contributed by atoms with Crippen LogP contribution in [0, 0.1) is 12.8 Å². The van der Waals surface area contributed by atoms with Crippen LogP contribution in [0.15, 0.2) is 4.47 Å². The number of nitrogens with zero attached hydrogens (tertiary/aromatic N) is 3. The highest BCUT2D eigenvalue weighted by Crippen LogP contribution is 2.24. The molecule has 0 bridgehead atoms. The van der Waals surface area contributed by atoms with E-state index in [4.69, 9.17) is 0 Å². The van der Waals surface area contributed by atoms with Crippen molar-refractivity contribution in [3.63, 3.8) is 0 Å². The highest BCUT2D eigenvalue weighted by molar-refractivity contribution is 9.10. The molecule has 2 heterocycles. The Balaban J connectivity index is 2.03. The third kappa shape index (κ3) is 2.48. The van der Waals surface area contributed by atoms with Gasteiger partial charge in [-0.25, -0.2) is 0 Å². The molecule has 1 fully saturated rings. The quantitative estimate of drug-likeness (QED) is 0.833. The third-order valence-electron chi connectivity index (χ3n) is 3.51. The molecule has 4 heteroatoms. The molecule has 0 amide bonds. The summed E-state index contributed by atoms with van der Waals surface area (Å²) in [5.74, 6) is 0.896. The minimum atomic E-state index is 0.896. The number of hydrogen-bond acceptors (Lipinski definition) is 2. The Morgan fingerprint density at radius 2 is 2.00 bits per heavy atom. The van der Waals surface area contributed by atoms with Crippen LogP contribution in [-0.2, 0) is 13.6 Å². The average molecular weight is 286 g/mol. The largest absolute Gasteiger partial charge is 0.297 e. The summed E-state index contributed by atoms with van der Waals surface area (Å²) in [6.07, 6.45) is 2.66. The summed E-state index contributed by atoms with van der Waals surface area (Å²) >= 11 is 3.63. The first-order valence-electron chi connectivity index (χ1n) is 5.98. The summed E-state index contributed by atoms with van der Waals surface area (Å²) in [7, 11) is 2.03. The van der Waals surface area contributed by atoms with Gasteiger partial charge >= 0.3 is 0 Å². The Hall–Kier alpha value is -0.350. The lowest BCUT2D eigenvalue weighted by Crippen LogP contribution is -2.33. The van der Waals surface area contributed by atoms with E-state index in [0.29, 0.717) is 0 Å². The van der Waals surface area contributed by atoms with Crippen molar-refractivity contribution >= 4 is 15.9 Å². The molecule has 0 aromatic carbocycles. The Morgan fingerprint density at radius 1 is 1.38 bits per heavy atom. The average Bonchev–Trinajstić information content (AvgIpc) is 2.48. The van der Waals surface area contributed by atoms with Crippen molar-refractivity contribution in [3.8, 4) is 0 Å². The molecule has 2 rings (SSSR count). The number of rotatable bonds is 2. The van der Waals surface area contributed by atoms with E-state index >= 15 is 0 Å². The third-order valence-corrected chi connectivity index (χ3v) is 4.54. The van der Waals surface area contributed by atoms with Gasteiger partial charge in [0.2, 0.25) is 0 Å². The second kappa shape index (κ2) is 4.88. The van der Waals surface area contributed by atoms with E-state index in [0.717, 1.165) is 18.2 Å². The van der Waals surface area contributed by atoms with Crippen LogP contribution < -0.4 is 0 Å². The summed E-state index contributed by atoms with van der Waals surface area (Å²) in [6, 6.07) is 0. The van der Waals surface area contributed by atoms with Crippen molar-refractivity contribution in [2.75, 3.05) is 13.1 Å². The highest BCUT2D eigenvalue weighted by Gasteiger charge is 2.19. The monoisotopic (exact) mass is 285 g/mol. The van der Waals surface area contributed by atoms with E-state index in [1.54, 1.807) is 0 Å². The summed E-state index contributed by atoms with van der Waals surface area (Å²) in [4.78, 5) is 2.53. The Morgan fingerprint density at radius 3 is 2.50 bits per heavy atom. The van der Waals surface area contributed by atoms with Crippen LogP contribution in [0.5, 0.6) is 0 Å². The van der Waals surface area contributed by atoms with E-state index in [1.165, 1.54) is 36.1 Å². The molecule has 16 heavy (non-hydrogen) atoms. The van der Waals surface area contributed by atoms with E-state index < -0.39 is 0 Å². The molecule has 0 N–H and O–H groups in total. The molecule has 90 valence electrons. The van der Waals surface area contributed by atoms with E-state index in [-0.39, 0.29) is 0 Å². The summed E-state index contributed by atoms with van der Waals surface area (Å²) in [5, 5.41) is 4.43. The molecule has 1 aliphatic rings. The van der Waals surface area contributed by atoms with Crippen LogP contribution in [-0.4, -0.2) is 27.8 Å². The first kappa shape index (κ1) is 12.1. The van der Waals surface area contributed by atoms with E-state index in [2.05, 4.69) is 32.9 Å². The molecule has 1 aliphatic heterocycles. The molecule has 0 atom stereocenters. The fraction of sp³-hybridized carbons (Fsp3) is 0.750.